The summed E-state index contributed by atoms with van der Waals surface area (Å²) >= 11 is 0. The second-order valence-corrected chi connectivity index (χ2v) is 2.98. The number of anilines is 1. The summed E-state index contributed by atoms with van der Waals surface area (Å²) in [4.78, 5) is 15.3. The number of fused-ring (bicyclic) bond motifs is 1. The van der Waals surface area contributed by atoms with Crippen molar-refractivity contribution >= 4 is 17.4 Å². The van der Waals surface area contributed by atoms with Gasteiger partial charge in [0.2, 0.25) is 11.9 Å². The minimum absolute atomic E-state index is 0.0265. The Morgan fingerprint density at radius 3 is 3.21 bits per heavy atom. The molecule has 2 aromatic rings. The molecule has 0 radical (unpaired) electrons. The summed E-state index contributed by atoms with van der Waals surface area (Å²) in [5.41, 5.74) is 0.971. The maximum Gasteiger partial charge on any atom is 0.226 e. The number of hydrogen-bond donors (Lipinski definition) is 1. The lowest BCUT2D eigenvalue weighted by atomic mass is 10.4. The number of nitrogens with zero attached hydrogens (tertiary/aromatic N) is 2. The molecule has 0 atom stereocenters. The molecule has 1 amide bonds. The van der Waals surface area contributed by atoms with Crippen LogP contribution in [0.2, 0.25) is 0 Å². The molecule has 72 valence electrons. The second kappa shape index (κ2) is 3.49. The molecule has 0 bridgehead atoms. The number of hydrogen-bond acceptors (Lipinski definition) is 2. The number of nitrogens with one attached hydrogen (secondary N) is 1. The number of imidazole rings is 1. The van der Waals surface area contributed by atoms with E-state index in [1.54, 1.807) is 6.20 Å². The normalized spacial score (nSPS) is 10.4. The van der Waals surface area contributed by atoms with Crippen molar-refractivity contribution in [2.24, 2.45) is 0 Å². The molecule has 0 aliphatic rings. The van der Waals surface area contributed by atoms with E-state index in [9.17, 15) is 4.79 Å². The quantitative estimate of drug-likeness (QED) is 0.781. The van der Waals surface area contributed by atoms with Crippen LogP contribution in [0.5, 0.6) is 0 Å². The molecule has 1 N–H and O–H groups in total. The van der Waals surface area contributed by atoms with Crippen LogP contribution in [0.15, 0.2) is 30.6 Å². The zero-order valence-electron chi connectivity index (χ0n) is 7.90. The molecule has 0 aromatic carbocycles. The lowest BCUT2D eigenvalue weighted by Gasteiger charge is -2.01. The Morgan fingerprint density at radius 1 is 1.57 bits per heavy atom. The Morgan fingerprint density at radius 2 is 2.43 bits per heavy atom. The van der Waals surface area contributed by atoms with Crippen molar-refractivity contribution in [2.45, 2.75) is 13.3 Å². The molecule has 2 rings (SSSR count). The van der Waals surface area contributed by atoms with Crippen LogP contribution < -0.4 is 5.32 Å². The monoisotopic (exact) mass is 189 g/mol. The molecule has 0 aliphatic heterocycles. The van der Waals surface area contributed by atoms with Gasteiger partial charge in [-0.1, -0.05) is 13.0 Å². The summed E-state index contributed by atoms with van der Waals surface area (Å²) in [5.74, 6) is 0.550. The summed E-state index contributed by atoms with van der Waals surface area (Å²) in [6.45, 7) is 1.81. The maximum absolute atomic E-state index is 11.2. The Kier molecular flexibility index (Phi) is 2.18. The number of amides is 1. The molecular weight excluding hydrogens is 178 g/mol. The highest BCUT2D eigenvalue weighted by Crippen LogP contribution is 2.10. The van der Waals surface area contributed by atoms with Gasteiger partial charge in [0.05, 0.1) is 11.7 Å². The number of rotatable bonds is 2. The first-order valence-corrected chi connectivity index (χ1v) is 4.53. The number of carbonyl (C=O) groups is 1. The van der Waals surface area contributed by atoms with Crippen LogP contribution >= 0.6 is 0 Å². The summed E-state index contributed by atoms with van der Waals surface area (Å²) in [7, 11) is 0. The molecule has 4 heteroatoms. The zero-order valence-corrected chi connectivity index (χ0v) is 7.90. The molecule has 2 aromatic heterocycles. The zero-order chi connectivity index (χ0) is 9.97. The first kappa shape index (κ1) is 8.74. The third-order valence-corrected chi connectivity index (χ3v) is 2.01. The average Bonchev–Trinajstić information content (AvgIpc) is 2.62. The Hall–Kier alpha value is -1.84. The van der Waals surface area contributed by atoms with Gasteiger partial charge in [0.15, 0.2) is 0 Å². The minimum atomic E-state index is -0.0265. The molecule has 0 aliphatic carbocycles. The number of pyridine rings is 1. The fourth-order valence-corrected chi connectivity index (χ4v) is 1.25. The van der Waals surface area contributed by atoms with Crippen LogP contribution in [0.4, 0.5) is 5.95 Å². The lowest BCUT2D eigenvalue weighted by molar-refractivity contribution is -0.115. The van der Waals surface area contributed by atoms with E-state index in [0.29, 0.717) is 12.4 Å². The van der Waals surface area contributed by atoms with Crippen LogP contribution in [-0.2, 0) is 4.79 Å². The van der Waals surface area contributed by atoms with Crippen molar-refractivity contribution in [3.8, 4) is 0 Å². The fraction of sp³-hybridized carbons (Fsp3) is 0.200. The van der Waals surface area contributed by atoms with Gasteiger partial charge in [-0.15, -0.1) is 0 Å². The van der Waals surface area contributed by atoms with Gasteiger partial charge in [0.25, 0.3) is 0 Å². The van der Waals surface area contributed by atoms with Gasteiger partial charge < -0.3 is 0 Å². The van der Waals surface area contributed by atoms with Crippen molar-refractivity contribution < 1.29 is 4.79 Å². The van der Waals surface area contributed by atoms with E-state index in [1.165, 1.54) is 0 Å². The van der Waals surface area contributed by atoms with Gasteiger partial charge in [-0.25, -0.2) is 4.98 Å². The van der Waals surface area contributed by atoms with Gasteiger partial charge in [-0.2, -0.15) is 0 Å². The molecule has 0 unspecified atom stereocenters. The Labute approximate surface area is 81.6 Å². The molecule has 0 spiro atoms. The number of carbonyl (C=O) groups excluding carboxylic acids is 1. The SMILES string of the molecule is CCC(=O)Nc1ncc2ccccn12. The largest absolute Gasteiger partial charge is 0.296 e. The van der Waals surface area contributed by atoms with Crippen LogP contribution in [0.25, 0.3) is 5.52 Å². The summed E-state index contributed by atoms with van der Waals surface area (Å²) < 4.78 is 1.84. The summed E-state index contributed by atoms with van der Waals surface area (Å²) in [6.07, 6.45) is 4.06. The van der Waals surface area contributed by atoms with Crippen LogP contribution in [0.1, 0.15) is 13.3 Å². The van der Waals surface area contributed by atoms with E-state index >= 15 is 0 Å². The Balaban J connectivity index is 2.38. The van der Waals surface area contributed by atoms with E-state index < -0.39 is 0 Å². The van der Waals surface area contributed by atoms with E-state index in [0.717, 1.165) is 5.52 Å². The molecule has 14 heavy (non-hydrogen) atoms. The van der Waals surface area contributed by atoms with Crippen molar-refractivity contribution in [2.75, 3.05) is 5.32 Å². The van der Waals surface area contributed by atoms with E-state index in [2.05, 4.69) is 10.3 Å². The van der Waals surface area contributed by atoms with Crippen molar-refractivity contribution in [3.63, 3.8) is 0 Å². The van der Waals surface area contributed by atoms with Crippen molar-refractivity contribution in [3.05, 3.63) is 30.6 Å². The van der Waals surface area contributed by atoms with Gasteiger partial charge in [0.1, 0.15) is 0 Å². The predicted molar refractivity (Wildman–Crippen MR) is 54.1 cm³/mol. The lowest BCUT2D eigenvalue weighted by Crippen LogP contribution is -2.11. The standard InChI is InChI=1S/C10H11N3O/c1-2-9(14)12-10-11-7-8-5-3-4-6-13(8)10/h3-7H,2H2,1H3,(H,11,12,14). The van der Waals surface area contributed by atoms with E-state index in [1.807, 2.05) is 35.7 Å². The molecule has 0 fully saturated rings. The number of aromatic nitrogens is 2. The summed E-state index contributed by atoms with van der Waals surface area (Å²) in [6, 6.07) is 5.77. The molecular formula is C10H11N3O. The maximum atomic E-state index is 11.2. The molecule has 0 saturated carbocycles. The van der Waals surface area contributed by atoms with Gasteiger partial charge in [-0.3, -0.25) is 14.5 Å². The van der Waals surface area contributed by atoms with E-state index in [-0.39, 0.29) is 5.91 Å². The first-order chi connectivity index (χ1) is 6.81. The average molecular weight is 189 g/mol. The van der Waals surface area contributed by atoms with Crippen LogP contribution in [-0.4, -0.2) is 15.3 Å². The smallest absolute Gasteiger partial charge is 0.226 e. The van der Waals surface area contributed by atoms with Crippen molar-refractivity contribution in [1.82, 2.24) is 9.38 Å². The second-order valence-electron chi connectivity index (χ2n) is 2.98. The highest BCUT2D eigenvalue weighted by Gasteiger charge is 2.04. The van der Waals surface area contributed by atoms with Gasteiger partial charge in [-0.05, 0) is 12.1 Å². The predicted octanol–water partition coefficient (Wildman–Crippen LogP) is 1.68. The summed E-state index contributed by atoms with van der Waals surface area (Å²) in [5, 5.41) is 2.73. The molecule has 0 saturated heterocycles. The minimum Gasteiger partial charge on any atom is -0.296 e. The van der Waals surface area contributed by atoms with Crippen molar-refractivity contribution in [1.29, 1.82) is 0 Å². The van der Waals surface area contributed by atoms with Gasteiger partial charge in [0, 0.05) is 12.6 Å². The first-order valence-electron chi connectivity index (χ1n) is 4.53. The molecule has 2 heterocycles. The highest BCUT2D eigenvalue weighted by molar-refractivity contribution is 5.89. The van der Waals surface area contributed by atoms with Crippen LogP contribution in [0, 0.1) is 0 Å². The molecule has 4 nitrogen and oxygen atoms in total. The fourth-order valence-electron chi connectivity index (χ4n) is 1.25. The third kappa shape index (κ3) is 1.46. The van der Waals surface area contributed by atoms with E-state index in [4.69, 9.17) is 0 Å². The topological polar surface area (TPSA) is 46.4 Å². The van der Waals surface area contributed by atoms with Crippen LogP contribution in [0.3, 0.4) is 0 Å². The Bertz CT molecular complexity index is 461. The third-order valence-electron chi connectivity index (χ3n) is 2.01. The van der Waals surface area contributed by atoms with Gasteiger partial charge >= 0.3 is 0 Å². The highest BCUT2D eigenvalue weighted by atomic mass is 16.1.